The third-order valence-corrected chi connectivity index (χ3v) is 4.77. The topological polar surface area (TPSA) is 101 Å². The number of nitro groups is 1. The second kappa shape index (κ2) is 7.14. The summed E-state index contributed by atoms with van der Waals surface area (Å²) in [6, 6.07) is 8.69. The fourth-order valence-electron chi connectivity index (χ4n) is 3.50. The average molecular weight is 372 g/mol. The van der Waals surface area contributed by atoms with Crippen molar-refractivity contribution in [3.8, 4) is 0 Å². The fraction of sp³-hybridized carbons (Fsp3) is 0.263. The Hall–Kier alpha value is -3.29. The standard InChI is InChI=1S/C19H17FN2O5/c1-11-5-6-21(17(11)12-3-2-4-15(20)8-12)18(23)13-7-14(19(24)25)10-16(9-13)22(26)27/h2-4,7-11,17H,5-6H2,1H3,(H,24,25). The molecule has 2 aromatic carbocycles. The molecule has 0 radical (unpaired) electrons. The Morgan fingerprint density at radius 2 is 1.93 bits per heavy atom. The Morgan fingerprint density at radius 1 is 1.22 bits per heavy atom. The molecule has 2 aromatic rings. The molecule has 1 aliphatic heterocycles. The minimum Gasteiger partial charge on any atom is -0.478 e. The predicted octanol–water partition coefficient (Wildman–Crippen LogP) is 3.66. The summed E-state index contributed by atoms with van der Waals surface area (Å²) >= 11 is 0. The number of carboxylic acids is 1. The number of likely N-dealkylation sites (tertiary alicyclic amines) is 1. The van der Waals surface area contributed by atoms with Crippen molar-refractivity contribution in [2.24, 2.45) is 5.92 Å². The number of hydrogen-bond acceptors (Lipinski definition) is 4. The van der Waals surface area contributed by atoms with Gasteiger partial charge in [-0.3, -0.25) is 14.9 Å². The summed E-state index contributed by atoms with van der Waals surface area (Å²) in [7, 11) is 0. The molecule has 1 aliphatic rings. The summed E-state index contributed by atoms with van der Waals surface area (Å²) in [4.78, 5) is 36.2. The quantitative estimate of drug-likeness (QED) is 0.652. The number of benzene rings is 2. The monoisotopic (exact) mass is 372 g/mol. The molecule has 0 aromatic heterocycles. The van der Waals surface area contributed by atoms with Gasteiger partial charge in [-0.05, 0) is 36.1 Å². The molecule has 7 nitrogen and oxygen atoms in total. The van der Waals surface area contributed by atoms with Crippen LogP contribution in [0.25, 0.3) is 0 Å². The van der Waals surface area contributed by atoms with Gasteiger partial charge in [-0.25, -0.2) is 9.18 Å². The van der Waals surface area contributed by atoms with Crippen LogP contribution in [-0.4, -0.2) is 33.4 Å². The second-order valence-corrected chi connectivity index (χ2v) is 6.60. The van der Waals surface area contributed by atoms with Crippen LogP contribution in [0.5, 0.6) is 0 Å². The van der Waals surface area contributed by atoms with E-state index in [2.05, 4.69) is 0 Å². The highest BCUT2D eigenvalue weighted by molar-refractivity contribution is 5.98. The molecule has 0 aliphatic carbocycles. The highest BCUT2D eigenvalue weighted by Gasteiger charge is 2.36. The zero-order chi connectivity index (χ0) is 19.7. The Balaban J connectivity index is 2.01. The molecule has 1 saturated heterocycles. The number of amides is 1. The van der Waals surface area contributed by atoms with Gasteiger partial charge in [0, 0.05) is 24.2 Å². The summed E-state index contributed by atoms with van der Waals surface area (Å²) in [6.07, 6.45) is 0.688. The first-order chi connectivity index (χ1) is 12.8. The molecule has 0 bridgehead atoms. The van der Waals surface area contributed by atoms with Crippen LogP contribution in [0, 0.1) is 21.8 Å². The second-order valence-electron chi connectivity index (χ2n) is 6.60. The maximum absolute atomic E-state index is 13.6. The molecule has 1 fully saturated rings. The van der Waals surface area contributed by atoms with Gasteiger partial charge in [0.25, 0.3) is 11.6 Å². The summed E-state index contributed by atoms with van der Waals surface area (Å²) < 4.78 is 13.6. The van der Waals surface area contributed by atoms with Crippen molar-refractivity contribution in [2.75, 3.05) is 6.54 Å². The smallest absolute Gasteiger partial charge is 0.335 e. The molecule has 8 heteroatoms. The molecule has 2 atom stereocenters. The average Bonchev–Trinajstić information content (AvgIpc) is 3.02. The minimum absolute atomic E-state index is 0.0633. The maximum atomic E-state index is 13.6. The van der Waals surface area contributed by atoms with Crippen molar-refractivity contribution < 1.29 is 24.0 Å². The number of halogens is 1. The zero-order valence-electron chi connectivity index (χ0n) is 14.5. The van der Waals surface area contributed by atoms with Crippen molar-refractivity contribution in [2.45, 2.75) is 19.4 Å². The fourth-order valence-corrected chi connectivity index (χ4v) is 3.50. The number of nitro benzene ring substituents is 1. The molecule has 27 heavy (non-hydrogen) atoms. The van der Waals surface area contributed by atoms with E-state index in [0.29, 0.717) is 18.5 Å². The lowest BCUT2D eigenvalue weighted by Gasteiger charge is -2.27. The molecule has 0 saturated carbocycles. The SMILES string of the molecule is CC1CCN(C(=O)c2cc(C(=O)O)cc([N+](=O)[O-])c2)C1c1cccc(F)c1. The van der Waals surface area contributed by atoms with E-state index in [0.717, 1.165) is 18.2 Å². The predicted molar refractivity (Wildman–Crippen MR) is 94.0 cm³/mol. The number of non-ortho nitro benzene ring substituents is 1. The van der Waals surface area contributed by atoms with E-state index < -0.39 is 28.3 Å². The highest BCUT2D eigenvalue weighted by atomic mass is 19.1. The van der Waals surface area contributed by atoms with Crippen LogP contribution >= 0.6 is 0 Å². The van der Waals surface area contributed by atoms with Gasteiger partial charge >= 0.3 is 5.97 Å². The first kappa shape index (κ1) is 18.5. The van der Waals surface area contributed by atoms with Crippen LogP contribution in [-0.2, 0) is 0 Å². The van der Waals surface area contributed by atoms with Gasteiger partial charge in [-0.1, -0.05) is 19.1 Å². The van der Waals surface area contributed by atoms with E-state index in [1.807, 2.05) is 6.92 Å². The van der Waals surface area contributed by atoms with Crippen molar-refractivity contribution in [3.05, 3.63) is 75.1 Å². The largest absolute Gasteiger partial charge is 0.478 e. The molecular formula is C19H17FN2O5. The highest BCUT2D eigenvalue weighted by Crippen LogP contribution is 2.38. The van der Waals surface area contributed by atoms with Crippen LogP contribution in [0.2, 0.25) is 0 Å². The van der Waals surface area contributed by atoms with Crippen LogP contribution in [0.15, 0.2) is 42.5 Å². The molecule has 1 amide bonds. The number of rotatable bonds is 4. The third kappa shape index (κ3) is 3.64. The Bertz CT molecular complexity index is 898. The van der Waals surface area contributed by atoms with E-state index >= 15 is 0 Å². The van der Waals surface area contributed by atoms with Gasteiger partial charge in [-0.15, -0.1) is 0 Å². The lowest BCUT2D eigenvalue weighted by Crippen LogP contribution is -2.32. The summed E-state index contributed by atoms with van der Waals surface area (Å²) in [5.74, 6) is -2.22. The Morgan fingerprint density at radius 3 is 2.56 bits per heavy atom. The lowest BCUT2D eigenvalue weighted by molar-refractivity contribution is -0.384. The van der Waals surface area contributed by atoms with Gasteiger partial charge in [-0.2, -0.15) is 0 Å². The van der Waals surface area contributed by atoms with E-state index in [4.69, 9.17) is 0 Å². The molecule has 140 valence electrons. The van der Waals surface area contributed by atoms with Crippen molar-refractivity contribution in [1.29, 1.82) is 0 Å². The first-order valence-corrected chi connectivity index (χ1v) is 8.37. The Labute approximate surface area is 154 Å². The van der Waals surface area contributed by atoms with Gasteiger partial charge in [0.1, 0.15) is 5.82 Å². The molecule has 0 spiro atoms. The molecular weight excluding hydrogens is 355 g/mol. The normalized spacial score (nSPS) is 19.1. The van der Waals surface area contributed by atoms with Gasteiger partial charge in [0.2, 0.25) is 0 Å². The lowest BCUT2D eigenvalue weighted by atomic mass is 9.95. The van der Waals surface area contributed by atoms with Crippen LogP contribution in [0.1, 0.15) is 45.7 Å². The maximum Gasteiger partial charge on any atom is 0.335 e. The number of aromatic carboxylic acids is 1. The number of carboxylic acid groups (broad SMARTS) is 1. The van der Waals surface area contributed by atoms with E-state index in [9.17, 15) is 29.2 Å². The van der Waals surface area contributed by atoms with Crippen molar-refractivity contribution in [3.63, 3.8) is 0 Å². The van der Waals surface area contributed by atoms with E-state index in [1.165, 1.54) is 17.0 Å². The Kier molecular flexibility index (Phi) is 4.89. The van der Waals surface area contributed by atoms with Crippen LogP contribution < -0.4 is 0 Å². The first-order valence-electron chi connectivity index (χ1n) is 8.37. The number of carbonyl (C=O) groups is 2. The summed E-state index contributed by atoms with van der Waals surface area (Å²) in [5, 5.41) is 20.3. The third-order valence-electron chi connectivity index (χ3n) is 4.77. The minimum atomic E-state index is -1.36. The van der Waals surface area contributed by atoms with Crippen LogP contribution in [0.4, 0.5) is 10.1 Å². The number of carbonyl (C=O) groups excluding carboxylic acids is 1. The molecule has 2 unspecified atom stereocenters. The molecule has 1 N–H and O–H groups in total. The van der Waals surface area contributed by atoms with Gasteiger partial charge in [0.05, 0.1) is 16.5 Å². The van der Waals surface area contributed by atoms with Gasteiger partial charge < -0.3 is 10.0 Å². The van der Waals surface area contributed by atoms with Crippen molar-refractivity contribution in [1.82, 2.24) is 4.90 Å². The molecule has 3 rings (SSSR count). The number of nitrogens with zero attached hydrogens (tertiary/aromatic N) is 2. The van der Waals surface area contributed by atoms with Gasteiger partial charge in [0.15, 0.2) is 0 Å². The molecule has 1 heterocycles. The van der Waals surface area contributed by atoms with Crippen LogP contribution in [0.3, 0.4) is 0 Å². The van der Waals surface area contributed by atoms with Crippen molar-refractivity contribution >= 4 is 17.6 Å². The summed E-state index contributed by atoms with van der Waals surface area (Å²) in [5.41, 5.74) is -0.232. The zero-order valence-corrected chi connectivity index (χ0v) is 14.5. The summed E-state index contributed by atoms with van der Waals surface area (Å²) in [6.45, 7) is 2.34. The van der Waals surface area contributed by atoms with E-state index in [1.54, 1.807) is 12.1 Å². The van der Waals surface area contributed by atoms with E-state index in [-0.39, 0.29) is 23.1 Å². The number of hydrogen-bond donors (Lipinski definition) is 1.